The Balaban J connectivity index is 1.48. The highest BCUT2D eigenvalue weighted by molar-refractivity contribution is 6.34. The highest BCUT2D eigenvalue weighted by Gasteiger charge is 2.37. The summed E-state index contributed by atoms with van der Waals surface area (Å²) in [4.78, 5) is 55.6. The van der Waals surface area contributed by atoms with Crippen molar-refractivity contribution >= 4 is 29.3 Å². The molecular weight excluding hydrogens is 410 g/mol. The Kier molecular flexibility index (Phi) is 5.98. The van der Waals surface area contributed by atoms with Crippen molar-refractivity contribution < 1.29 is 19.2 Å². The van der Waals surface area contributed by atoms with Crippen LogP contribution >= 0.6 is 0 Å². The number of carbonyl (C=O) groups is 4. The number of piperidine rings is 1. The summed E-state index contributed by atoms with van der Waals surface area (Å²) in [5, 5.41) is 7.34. The van der Waals surface area contributed by atoms with Gasteiger partial charge in [0, 0.05) is 31.7 Å². The van der Waals surface area contributed by atoms with E-state index >= 15 is 0 Å². The molecule has 1 fully saturated rings. The van der Waals surface area contributed by atoms with Gasteiger partial charge in [0.05, 0.1) is 35.1 Å². The first kappa shape index (κ1) is 21.6. The first-order valence-electron chi connectivity index (χ1n) is 10.8. The van der Waals surface area contributed by atoms with Gasteiger partial charge in [0.25, 0.3) is 17.7 Å². The van der Waals surface area contributed by atoms with Crippen LogP contribution in [0.1, 0.15) is 57.8 Å². The molecule has 2 aliphatic heterocycles. The van der Waals surface area contributed by atoms with Crippen molar-refractivity contribution in [3.63, 3.8) is 0 Å². The maximum absolute atomic E-state index is 13.1. The van der Waals surface area contributed by atoms with Crippen LogP contribution in [-0.2, 0) is 4.79 Å². The maximum Gasteiger partial charge on any atom is 0.267 e. The molecule has 4 amide bonds. The number of amides is 4. The van der Waals surface area contributed by atoms with E-state index in [-0.39, 0.29) is 28.9 Å². The second-order valence-electron chi connectivity index (χ2n) is 7.91. The number of hydrogen-bond donors (Lipinski definition) is 0. The van der Waals surface area contributed by atoms with Crippen molar-refractivity contribution in [3.05, 3.63) is 53.3 Å². The van der Waals surface area contributed by atoms with Crippen LogP contribution in [0.5, 0.6) is 0 Å². The van der Waals surface area contributed by atoms with E-state index in [1.54, 1.807) is 34.1 Å². The first-order chi connectivity index (χ1) is 15.5. The van der Waals surface area contributed by atoms with Crippen molar-refractivity contribution in [1.82, 2.24) is 20.0 Å². The van der Waals surface area contributed by atoms with Crippen LogP contribution in [0.25, 0.3) is 0 Å². The van der Waals surface area contributed by atoms with Gasteiger partial charge in [0.2, 0.25) is 5.91 Å². The fourth-order valence-electron chi connectivity index (χ4n) is 4.32. The summed E-state index contributed by atoms with van der Waals surface area (Å²) in [5.41, 5.74) is 1.25. The minimum atomic E-state index is -0.465. The molecule has 0 spiro atoms. The molecule has 2 aromatic rings. The summed E-state index contributed by atoms with van der Waals surface area (Å²) >= 11 is 0. The lowest BCUT2D eigenvalue weighted by Crippen LogP contribution is -2.46. The summed E-state index contributed by atoms with van der Waals surface area (Å²) in [5.74, 6) is -1.19. The van der Waals surface area contributed by atoms with Gasteiger partial charge in [-0.15, -0.1) is 0 Å². The molecule has 1 atom stereocenters. The molecule has 0 unspecified atom stereocenters. The minimum Gasteiger partial charge on any atom is -0.343 e. The predicted molar refractivity (Wildman–Crippen MR) is 116 cm³/mol. The zero-order valence-corrected chi connectivity index (χ0v) is 18.2. The third-order valence-electron chi connectivity index (χ3n) is 6.10. The van der Waals surface area contributed by atoms with E-state index < -0.39 is 11.8 Å². The standard InChI is InChI=1S/C23H25N5O4/c1-3-26(4-2)21(30)16-6-5-11-27(14-16)20(29)15-7-9-17(10-8-15)28-22(31)18-12-24-25-13-19(18)23(28)32/h7-10,12-13,16H,3-6,11,14H2,1-2H3/t16-/m0/s1. The molecular formula is C23H25N5O4. The number of likely N-dealkylation sites (tertiary alicyclic amines) is 1. The summed E-state index contributed by atoms with van der Waals surface area (Å²) in [7, 11) is 0. The van der Waals surface area contributed by atoms with E-state index in [1.165, 1.54) is 12.4 Å². The molecule has 1 aromatic heterocycles. The fourth-order valence-corrected chi connectivity index (χ4v) is 4.32. The Hall–Kier alpha value is -3.62. The monoisotopic (exact) mass is 435 g/mol. The average Bonchev–Trinajstić information content (AvgIpc) is 3.09. The van der Waals surface area contributed by atoms with Crippen molar-refractivity contribution in [1.29, 1.82) is 0 Å². The van der Waals surface area contributed by atoms with Crippen LogP contribution in [-0.4, -0.2) is 69.8 Å². The molecule has 2 aliphatic rings. The van der Waals surface area contributed by atoms with Crippen molar-refractivity contribution in [2.75, 3.05) is 31.1 Å². The van der Waals surface area contributed by atoms with E-state index in [2.05, 4.69) is 10.2 Å². The number of nitrogens with zero attached hydrogens (tertiary/aromatic N) is 5. The number of carbonyl (C=O) groups excluding carboxylic acids is 4. The van der Waals surface area contributed by atoms with Gasteiger partial charge in [-0.25, -0.2) is 4.90 Å². The molecule has 166 valence electrons. The molecule has 9 nitrogen and oxygen atoms in total. The predicted octanol–water partition coefficient (Wildman–Crippen LogP) is 2.00. The van der Waals surface area contributed by atoms with Crippen LogP contribution in [0, 0.1) is 5.92 Å². The minimum absolute atomic E-state index is 0.0949. The molecule has 0 aliphatic carbocycles. The lowest BCUT2D eigenvalue weighted by Gasteiger charge is -2.34. The highest BCUT2D eigenvalue weighted by atomic mass is 16.2. The highest BCUT2D eigenvalue weighted by Crippen LogP contribution is 2.28. The lowest BCUT2D eigenvalue weighted by molar-refractivity contribution is -0.136. The maximum atomic E-state index is 13.1. The largest absolute Gasteiger partial charge is 0.343 e. The second kappa shape index (κ2) is 8.86. The van der Waals surface area contributed by atoms with Crippen molar-refractivity contribution in [2.24, 2.45) is 5.92 Å². The number of aromatic nitrogens is 2. The first-order valence-corrected chi connectivity index (χ1v) is 10.8. The third kappa shape index (κ3) is 3.74. The van der Waals surface area contributed by atoms with Gasteiger partial charge in [0.1, 0.15) is 0 Å². The van der Waals surface area contributed by atoms with Crippen LogP contribution < -0.4 is 4.90 Å². The number of benzene rings is 1. The molecule has 0 N–H and O–H groups in total. The number of fused-ring (bicyclic) bond motifs is 1. The Morgan fingerprint density at radius 3 is 2.16 bits per heavy atom. The van der Waals surface area contributed by atoms with Crippen molar-refractivity contribution in [3.8, 4) is 0 Å². The van der Waals surface area contributed by atoms with Crippen LogP contribution in [0.2, 0.25) is 0 Å². The van der Waals surface area contributed by atoms with Crippen LogP contribution in [0.3, 0.4) is 0 Å². The van der Waals surface area contributed by atoms with Gasteiger partial charge in [-0.2, -0.15) is 10.2 Å². The van der Waals surface area contributed by atoms with E-state index in [4.69, 9.17) is 0 Å². The van der Waals surface area contributed by atoms with E-state index in [0.717, 1.165) is 17.7 Å². The van der Waals surface area contributed by atoms with Crippen LogP contribution in [0.4, 0.5) is 5.69 Å². The normalized spacial score (nSPS) is 18.0. The second-order valence-corrected chi connectivity index (χ2v) is 7.91. The number of imide groups is 1. The van der Waals surface area contributed by atoms with Gasteiger partial charge >= 0.3 is 0 Å². The van der Waals surface area contributed by atoms with Crippen molar-refractivity contribution in [2.45, 2.75) is 26.7 Å². The summed E-state index contributed by atoms with van der Waals surface area (Å²) in [6.07, 6.45) is 4.11. The Labute approximate surface area is 186 Å². The fraction of sp³-hybridized carbons (Fsp3) is 0.391. The Morgan fingerprint density at radius 1 is 1.00 bits per heavy atom. The number of anilines is 1. The molecule has 1 aromatic carbocycles. The number of hydrogen-bond acceptors (Lipinski definition) is 6. The lowest BCUT2D eigenvalue weighted by atomic mass is 9.95. The Morgan fingerprint density at radius 2 is 1.59 bits per heavy atom. The van der Waals surface area contributed by atoms with Crippen LogP contribution in [0.15, 0.2) is 36.7 Å². The Bertz CT molecular complexity index is 1030. The van der Waals surface area contributed by atoms with Gasteiger partial charge in [-0.1, -0.05) is 0 Å². The summed E-state index contributed by atoms with van der Waals surface area (Å²) < 4.78 is 0. The molecule has 3 heterocycles. The van der Waals surface area contributed by atoms with E-state index in [1.807, 2.05) is 13.8 Å². The van der Waals surface area contributed by atoms with Gasteiger partial charge < -0.3 is 9.80 Å². The molecule has 9 heteroatoms. The van der Waals surface area contributed by atoms with Gasteiger partial charge in [0.15, 0.2) is 0 Å². The smallest absolute Gasteiger partial charge is 0.267 e. The zero-order valence-electron chi connectivity index (χ0n) is 18.2. The third-order valence-corrected chi connectivity index (χ3v) is 6.10. The molecule has 0 saturated carbocycles. The number of rotatable bonds is 5. The summed E-state index contributed by atoms with van der Waals surface area (Å²) in [6.45, 7) is 6.22. The SMILES string of the molecule is CCN(CC)C(=O)[C@H]1CCCN(C(=O)c2ccc(N3C(=O)c4cnncc4C3=O)cc2)C1. The van der Waals surface area contributed by atoms with E-state index in [9.17, 15) is 19.2 Å². The molecule has 1 saturated heterocycles. The molecule has 32 heavy (non-hydrogen) atoms. The quantitative estimate of drug-likeness (QED) is 0.666. The van der Waals surface area contributed by atoms with Gasteiger partial charge in [-0.3, -0.25) is 19.2 Å². The van der Waals surface area contributed by atoms with E-state index in [0.29, 0.717) is 37.4 Å². The molecule has 4 rings (SSSR count). The average molecular weight is 435 g/mol. The topological polar surface area (TPSA) is 104 Å². The van der Waals surface area contributed by atoms with Gasteiger partial charge in [-0.05, 0) is 51.0 Å². The zero-order chi connectivity index (χ0) is 22.8. The summed E-state index contributed by atoms with van der Waals surface area (Å²) in [6, 6.07) is 6.37. The molecule has 0 radical (unpaired) electrons. The molecule has 0 bridgehead atoms.